The summed E-state index contributed by atoms with van der Waals surface area (Å²) in [6.07, 6.45) is 1.61. The summed E-state index contributed by atoms with van der Waals surface area (Å²) in [5, 5.41) is 0. The molecule has 0 aliphatic heterocycles. The van der Waals surface area contributed by atoms with Crippen molar-refractivity contribution in [2.45, 2.75) is 13.5 Å². The number of anilines is 1. The molecule has 0 amide bonds. The molecule has 0 aliphatic rings. The zero-order valence-electron chi connectivity index (χ0n) is 9.64. The molecule has 2 aromatic rings. The van der Waals surface area contributed by atoms with Gasteiger partial charge >= 0.3 is 5.97 Å². The highest BCUT2D eigenvalue weighted by atomic mass is 32.1. The number of nitrogen functional groups attached to an aromatic ring is 1. The molecule has 0 fully saturated rings. The minimum absolute atomic E-state index is 0.111. The van der Waals surface area contributed by atoms with Gasteiger partial charge in [0.25, 0.3) is 0 Å². The quantitative estimate of drug-likeness (QED) is 0.685. The van der Waals surface area contributed by atoms with E-state index in [0.717, 1.165) is 10.9 Å². The molecule has 2 rings (SSSR count). The summed E-state index contributed by atoms with van der Waals surface area (Å²) >= 11 is 1.38. The Labute approximate surface area is 107 Å². The molecule has 1 heterocycles. The Bertz CT molecular complexity index is 546. The van der Waals surface area contributed by atoms with E-state index >= 15 is 0 Å². The Balaban J connectivity index is 2.09. The highest BCUT2D eigenvalue weighted by Crippen LogP contribution is 2.18. The molecule has 0 radical (unpaired) electrons. The standard InChI is InChI=1S/C12H11FN2O2S/c1-7-10(13)2-8(3-11(7)14)12(16)17-5-9-4-15-6-18-9/h2-4,6H,5,14H2,1H3. The van der Waals surface area contributed by atoms with Gasteiger partial charge in [0.05, 0.1) is 16.0 Å². The predicted octanol–water partition coefficient (Wildman–Crippen LogP) is 2.53. The van der Waals surface area contributed by atoms with E-state index < -0.39 is 11.8 Å². The number of aromatic nitrogens is 1. The number of esters is 1. The van der Waals surface area contributed by atoms with Crippen molar-refractivity contribution in [2.75, 3.05) is 5.73 Å². The van der Waals surface area contributed by atoms with Gasteiger partial charge in [-0.3, -0.25) is 4.98 Å². The number of thiazole rings is 1. The maximum atomic E-state index is 13.4. The summed E-state index contributed by atoms with van der Waals surface area (Å²) < 4.78 is 18.4. The Morgan fingerprint density at radius 1 is 1.56 bits per heavy atom. The van der Waals surface area contributed by atoms with Crippen molar-refractivity contribution in [3.63, 3.8) is 0 Å². The second-order valence-corrected chi connectivity index (χ2v) is 4.69. The van der Waals surface area contributed by atoms with Gasteiger partial charge in [-0.05, 0) is 19.1 Å². The van der Waals surface area contributed by atoms with E-state index in [1.807, 2.05) is 0 Å². The smallest absolute Gasteiger partial charge is 0.338 e. The largest absolute Gasteiger partial charge is 0.456 e. The van der Waals surface area contributed by atoms with Gasteiger partial charge in [0.2, 0.25) is 0 Å². The average Bonchev–Trinajstić information content (AvgIpc) is 2.85. The van der Waals surface area contributed by atoms with E-state index in [2.05, 4.69) is 4.98 Å². The number of halogens is 1. The Morgan fingerprint density at radius 2 is 2.33 bits per heavy atom. The number of rotatable bonds is 3. The second-order valence-electron chi connectivity index (χ2n) is 3.72. The predicted molar refractivity (Wildman–Crippen MR) is 66.8 cm³/mol. The molecule has 1 aromatic carbocycles. The minimum atomic E-state index is -0.603. The summed E-state index contributed by atoms with van der Waals surface area (Å²) in [7, 11) is 0. The first kappa shape index (κ1) is 12.5. The molecule has 0 aliphatic carbocycles. The third kappa shape index (κ3) is 2.65. The van der Waals surface area contributed by atoms with E-state index in [4.69, 9.17) is 10.5 Å². The van der Waals surface area contributed by atoms with Crippen LogP contribution in [0, 0.1) is 12.7 Å². The fraction of sp³-hybridized carbons (Fsp3) is 0.167. The average molecular weight is 266 g/mol. The van der Waals surface area contributed by atoms with E-state index in [9.17, 15) is 9.18 Å². The molecular weight excluding hydrogens is 255 g/mol. The van der Waals surface area contributed by atoms with Gasteiger partial charge in [0, 0.05) is 17.4 Å². The lowest BCUT2D eigenvalue weighted by Gasteiger charge is -2.06. The van der Waals surface area contributed by atoms with Crippen LogP contribution in [0.25, 0.3) is 0 Å². The number of carbonyl (C=O) groups is 1. The van der Waals surface area contributed by atoms with Crippen LogP contribution in [-0.4, -0.2) is 11.0 Å². The number of benzene rings is 1. The van der Waals surface area contributed by atoms with Crippen LogP contribution in [0.15, 0.2) is 23.8 Å². The van der Waals surface area contributed by atoms with Crippen LogP contribution in [-0.2, 0) is 11.3 Å². The summed E-state index contributed by atoms with van der Waals surface area (Å²) in [6.45, 7) is 1.68. The minimum Gasteiger partial charge on any atom is -0.456 e. The summed E-state index contributed by atoms with van der Waals surface area (Å²) in [6, 6.07) is 2.54. The summed E-state index contributed by atoms with van der Waals surface area (Å²) in [5.74, 6) is -1.12. The van der Waals surface area contributed by atoms with Crippen molar-refractivity contribution in [1.82, 2.24) is 4.98 Å². The lowest BCUT2D eigenvalue weighted by Crippen LogP contribution is -2.07. The van der Waals surface area contributed by atoms with Crippen molar-refractivity contribution < 1.29 is 13.9 Å². The number of hydrogen-bond donors (Lipinski definition) is 1. The molecule has 0 spiro atoms. The fourth-order valence-corrected chi connectivity index (χ4v) is 1.86. The number of carbonyl (C=O) groups excluding carboxylic acids is 1. The maximum absolute atomic E-state index is 13.4. The first-order chi connectivity index (χ1) is 8.58. The maximum Gasteiger partial charge on any atom is 0.338 e. The topological polar surface area (TPSA) is 65.2 Å². The lowest BCUT2D eigenvalue weighted by molar-refractivity contribution is 0.0476. The molecular formula is C12H11FN2O2S. The Morgan fingerprint density at radius 3 is 2.94 bits per heavy atom. The molecule has 0 bridgehead atoms. The van der Waals surface area contributed by atoms with Gasteiger partial charge in [-0.2, -0.15) is 0 Å². The van der Waals surface area contributed by atoms with Crippen LogP contribution in [0.4, 0.5) is 10.1 Å². The van der Waals surface area contributed by atoms with Crippen molar-refractivity contribution in [2.24, 2.45) is 0 Å². The van der Waals surface area contributed by atoms with Gasteiger partial charge in [0.15, 0.2) is 0 Å². The summed E-state index contributed by atoms with van der Waals surface area (Å²) in [4.78, 5) is 16.4. The molecule has 2 N–H and O–H groups in total. The molecule has 1 aromatic heterocycles. The van der Waals surface area contributed by atoms with Crippen LogP contribution in [0.2, 0.25) is 0 Å². The van der Waals surface area contributed by atoms with Crippen molar-refractivity contribution in [3.8, 4) is 0 Å². The molecule has 4 nitrogen and oxygen atoms in total. The monoisotopic (exact) mass is 266 g/mol. The zero-order chi connectivity index (χ0) is 13.1. The molecule has 0 unspecified atom stereocenters. The van der Waals surface area contributed by atoms with Gasteiger partial charge in [0.1, 0.15) is 12.4 Å². The van der Waals surface area contributed by atoms with E-state index in [1.54, 1.807) is 18.6 Å². The molecule has 0 saturated heterocycles. The second kappa shape index (κ2) is 5.14. The van der Waals surface area contributed by atoms with Gasteiger partial charge in [-0.25, -0.2) is 9.18 Å². The van der Waals surface area contributed by atoms with E-state index in [0.29, 0.717) is 5.56 Å². The zero-order valence-corrected chi connectivity index (χ0v) is 10.5. The van der Waals surface area contributed by atoms with Crippen LogP contribution in [0.1, 0.15) is 20.8 Å². The number of nitrogens with two attached hydrogens (primary N) is 1. The molecule has 0 saturated carbocycles. The van der Waals surface area contributed by atoms with E-state index in [-0.39, 0.29) is 17.9 Å². The number of ether oxygens (including phenoxy) is 1. The third-order valence-corrected chi connectivity index (χ3v) is 3.20. The first-order valence-corrected chi connectivity index (χ1v) is 6.06. The normalized spacial score (nSPS) is 10.3. The van der Waals surface area contributed by atoms with Gasteiger partial charge in [-0.15, -0.1) is 11.3 Å². The Hall–Kier alpha value is -1.95. The molecule has 6 heteroatoms. The highest BCUT2D eigenvalue weighted by Gasteiger charge is 2.12. The molecule has 18 heavy (non-hydrogen) atoms. The molecule has 0 atom stereocenters. The first-order valence-electron chi connectivity index (χ1n) is 5.18. The highest BCUT2D eigenvalue weighted by molar-refractivity contribution is 7.09. The van der Waals surface area contributed by atoms with Crippen molar-refractivity contribution in [1.29, 1.82) is 0 Å². The van der Waals surface area contributed by atoms with Gasteiger partial charge < -0.3 is 10.5 Å². The lowest BCUT2D eigenvalue weighted by atomic mass is 10.1. The van der Waals surface area contributed by atoms with Crippen molar-refractivity contribution >= 4 is 23.0 Å². The number of hydrogen-bond acceptors (Lipinski definition) is 5. The third-order valence-electron chi connectivity index (χ3n) is 2.45. The van der Waals surface area contributed by atoms with Crippen LogP contribution < -0.4 is 5.73 Å². The van der Waals surface area contributed by atoms with Crippen LogP contribution in [0.5, 0.6) is 0 Å². The Kier molecular flexibility index (Phi) is 3.57. The van der Waals surface area contributed by atoms with Crippen LogP contribution in [0.3, 0.4) is 0 Å². The SMILES string of the molecule is Cc1c(N)cc(C(=O)OCc2cncs2)cc1F. The molecule has 94 valence electrons. The number of nitrogens with zero attached hydrogens (tertiary/aromatic N) is 1. The fourth-order valence-electron chi connectivity index (χ4n) is 1.35. The van der Waals surface area contributed by atoms with Crippen LogP contribution >= 0.6 is 11.3 Å². The van der Waals surface area contributed by atoms with Gasteiger partial charge in [-0.1, -0.05) is 0 Å². The van der Waals surface area contributed by atoms with Crippen molar-refractivity contribution in [3.05, 3.63) is 45.7 Å². The summed E-state index contributed by atoms with van der Waals surface area (Å²) in [5.41, 5.74) is 7.91. The van der Waals surface area contributed by atoms with E-state index in [1.165, 1.54) is 17.4 Å².